The number of carbonyl (C=O) groups is 1. The summed E-state index contributed by atoms with van der Waals surface area (Å²) in [5.74, 6) is 1.56. The van der Waals surface area contributed by atoms with Crippen molar-refractivity contribution in [2.45, 2.75) is 77.2 Å². The summed E-state index contributed by atoms with van der Waals surface area (Å²) in [5, 5.41) is 17.5. The molecule has 1 N–H and O–H groups in total. The van der Waals surface area contributed by atoms with Crippen LogP contribution in [0.2, 0.25) is 18.1 Å². The number of thiophene rings is 1. The average Bonchev–Trinajstić information content (AvgIpc) is 3.44. The highest BCUT2D eigenvalue weighted by molar-refractivity contribution is 7.13. The second-order valence-electron chi connectivity index (χ2n) is 10.3. The predicted molar refractivity (Wildman–Crippen MR) is 128 cm³/mol. The summed E-state index contributed by atoms with van der Waals surface area (Å²) in [5.41, 5.74) is 0.681. The number of aromatic nitrogens is 3. The van der Waals surface area contributed by atoms with Gasteiger partial charge in [0.15, 0.2) is 8.32 Å². The summed E-state index contributed by atoms with van der Waals surface area (Å²) in [4.78, 5) is 13.4. The summed E-state index contributed by atoms with van der Waals surface area (Å²) >= 11 is 1.56. The number of carbonyl (C=O) groups excluding carboxylic acids is 1. The van der Waals surface area contributed by atoms with E-state index in [9.17, 15) is 4.79 Å². The molecule has 0 aliphatic heterocycles. The van der Waals surface area contributed by atoms with Crippen molar-refractivity contribution in [3.05, 3.63) is 41.1 Å². The van der Waals surface area contributed by atoms with Gasteiger partial charge in [0.2, 0.25) is 17.5 Å². The van der Waals surface area contributed by atoms with E-state index in [4.69, 9.17) is 13.4 Å². The van der Waals surface area contributed by atoms with Crippen molar-refractivity contribution < 1.29 is 18.2 Å². The van der Waals surface area contributed by atoms with Gasteiger partial charge in [-0.3, -0.25) is 4.79 Å². The van der Waals surface area contributed by atoms with Gasteiger partial charge in [0.05, 0.1) is 4.88 Å². The van der Waals surface area contributed by atoms with Gasteiger partial charge in [0.25, 0.3) is 5.91 Å². The molecule has 3 aromatic heterocycles. The van der Waals surface area contributed by atoms with Crippen molar-refractivity contribution in [3.8, 4) is 10.6 Å². The Kier molecular flexibility index (Phi) is 6.61. The van der Waals surface area contributed by atoms with Crippen molar-refractivity contribution in [2.75, 3.05) is 0 Å². The molecule has 178 valence electrons. The molecule has 33 heavy (non-hydrogen) atoms. The summed E-state index contributed by atoms with van der Waals surface area (Å²) < 4.78 is 17.5. The van der Waals surface area contributed by atoms with Crippen molar-refractivity contribution in [3.63, 3.8) is 0 Å². The molecule has 1 fully saturated rings. The van der Waals surface area contributed by atoms with Crippen LogP contribution in [0.5, 0.6) is 0 Å². The zero-order valence-corrected chi connectivity index (χ0v) is 21.9. The summed E-state index contributed by atoms with van der Waals surface area (Å²) in [6.07, 6.45) is 2.22. The predicted octanol–water partition coefficient (Wildman–Crippen LogP) is 5.62. The minimum atomic E-state index is -1.92. The van der Waals surface area contributed by atoms with E-state index in [2.05, 4.69) is 54.5 Å². The fourth-order valence-electron chi connectivity index (χ4n) is 3.63. The van der Waals surface area contributed by atoms with Crippen LogP contribution in [0, 0.1) is 5.92 Å². The van der Waals surface area contributed by atoms with E-state index in [1.54, 1.807) is 17.4 Å². The highest BCUT2D eigenvalue weighted by atomic mass is 32.1. The van der Waals surface area contributed by atoms with Gasteiger partial charge in [-0.15, -0.1) is 21.5 Å². The Balaban J connectivity index is 1.24. The minimum absolute atomic E-state index is 0.112. The van der Waals surface area contributed by atoms with Gasteiger partial charge in [-0.2, -0.15) is 0 Å². The third-order valence-corrected chi connectivity index (χ3v) is 12.1. The topological polar surface area (TPSA) is 103 Å². The molecule has 0 aromatic carbocycles. The maximum Gasteiger partial charge on any atom is 0.290 e. The molecule has 1 amide bonds. The number of hydrogen-bond donors (Lipinski definition) is 1. The molecule has 1 aliphatic rings. The van der Waals surface area contributed by atoms with Gasteiger partial charge in [-0.25, -0.2) is 0 Å². The van der Waals surface area contributed by atoms with Gasteiger partial charge >= 0.3 is 0 Å². The molecule has 0 bridgehead atoms. The standard InChI is InChI=1S/C23H32N4O4SSi/c1-14(31-33(5,6)23(2,3)4)22-26-25-20(29-22)12-15-10-16(11-15)24-21(28)18-13-17(27-30-18)19-8-7-9-32-19/h7-9,13-16H,10-12H2,1-6H3,(H,24,28). The number of rotatable bonds is 8. The smallest absolute Gasteiger partial charge is 0.290 e. The molecule has 0 saturated heterocycles. The molecule has 0 spiro atoms. The lowest BCUT2D eigenvalue weighted by molar-refractivity contribution is 0.0849. The Morgan fingerprint density at radius 3 is 2.76 bits per heavy atom. The molecule has 10 heteroatoms. The first-order chi connectivity index (χ1) is 15.5. The van der Waals surface area contributed by atoms with E-state index in [-0.39, 0.29) is 28.9 Å². The molecule has 1 atom stereocenters. The molecule has 1 saturated carbocycles. The fourth-order valence-corrected chi connectivity index (χ4v) is 5.64. The van der Waals surface area contributed by atoms with Gasteiger partial charge in [0.1, 0.15) is 11.8 Å². The maximum atomic E-state index is 12.5. The Morgan fingerprint density at radius 2 is 2.09 bits per heavy atom. The van der Waals surface area contributed by atoms with E-state index in [1.165, 1.54) is 0 Å². The maximum absolute atomic E-state index is 12.5. The number of amides is 1. The monoisotopic (exact) mass is 488 g/mol. The van der Waals surface area contributed by atoms with Crippen LogP contribution >= 0.6 is 11.3 Å². The van der Waals surface area contributed by atoms with Crippen LogP contribution < -0.4 is 5.32 Å². The van der Waals surface area contributed by atoms with Crippen LogP contribution in [0.1, 0.15) is 69.0 Å². The second kappa shape index (κ2) is 9.15. The average molecular weight is 489 g/mol. The van der Waals surface area contributed by atoms with Crippen molar-refractivity contribution in [1.29, 1.82) is 0 Å². The van der Waals surface area contributed by atoms with Crippen LogP contribution in [-0.2, 0) is 10.8 Å². The fraction of sp³-hybridized carbons (Fsp3) is 0.565. The largest absolute Gasteiger partial charge is 0.422 e. The minimum Gasteiger partial charge on any atom is -0.422 e. The quantitative estimate of drug-likeness (QED) is 0.410. The van der Waals surface area contributed by atoms with Crippen molar-refractivity contribution >= 4 is 25.6 Å². The van der Waals surface area contributed by atoms with Crippen molar-refractivity contribution in [1.82, 2.24) is 20.7 Å². The highest BCUT2D eigenvalue weighted by Crippen LogP contribution is 2.39. The number of nitrogens with zero attached hydrogens (tertiary/aromatic N) is 3. The first-order valence-electron chi connectivity index (χ1n) is 11.3. The Morgan fingerprint density at radius 1 is 1.33 bits per heavy atom. The Labute approximate surface area is 199 Å². The normalized spacial score (nSPS) is 19.8. The highest BCUT2D eigenvalue weighted by Gasteiger charge is 2.39. The molecule has 3 heterocycles. The third-order valence-electron chi connectivity index (χ3n) is 6.65. The van der Waals surface area contributed by atoms with E-state index in [1.807, 2.05) is 24.4 Å². The summed E-state index contributed by atoms with van der Waals surface area (Å²) in [6.45, 7) is 13.0. The number of nitrogens with one attached hydrogen (secondary N) is 1. The first kappa shape index (κ1) is 23.8. The molecule has 1 unspecified atom stereocenters. The summed E-state index contributed by atoms with van der Waals surface area (Å²) in [7, 11) is -1.92. The Bertz CT molecular complexity index is 1080. The molecule has 1 aliphatic carbocycles. The summed E-state index contributed by atoms with van der Waals surface area (Å²) in [6, 6.07) is 5.69. The van der Waals surface area contributed by atoms with Gasteiger partial charge in [0, 0.05) is 18.5 Å². The van der Waals surface area contributed by atoms with Crippen LogP contribution in [0.25, 0.3) is 10.6 Å². The first-order valence-corrected chi connectivity index (χ1v) is 15.1. The molecule has 0 radical (unpaired) electrons. The lowest BCUT2D eigenvalue weighted by Gasteiger charge is -2.37. The van der Waals surface area contributed by atoms with Crippen LogP contribution in [-0.4, -0.2) is 35.6 Å². The zero-order valence-electron chi connectivity index (χ0n) is 20.0. The third kappa shape index (κ3) is 5.44. The van der Waals surface area contributed by atoms with E-state index < -0.39 is 8.32 Å². The molecule has 4 rings (SSSR count). The van der Waals surface area contributed by atoms with E-state index in [0.29, 0.717) is 29.8 Å². The molecular weight excluding hydrogens is 456 g/mol. The zero-order chi connectivity index (χ0) is 23.8. The van der Waals surface area contributed by atoms with Gasteiger partial charge in [-0.05, 0) is 55.3 Å². The van der Waals surface area contributed by atoms with Crippen LogP contribution in [0.4, 0.5) is 0 Å². The Hall–Kier alpha value is -2.30. The van der Waals surface area contributed by atoms with Crippen LogP contribution in [0.3, 0.4) is 0 Å². The lowest BCUT2D eigenvalue weighted by Crippen LogP contribution is -2.44. The van der Waals surface area contributed by atoms with Gasteiger partial charge < -0.3 is 18.7 Å². The van der Waals surface area contributed by atoms with Crippen LogP contribution in [0.15, 0.2) is 32.5 Å². The second-order valence-corrected chi connectivity index (χ2v) is 16.0. The lowest BCUT2D eigenvalue weighted by atomic mass is 9.78. The van der Waals surface area contributed by atoms with Gasteiger partial charge in [-0.1, -0.05) is 32.0 Å². The van der Waals surface area contributed by atoms with Crippen molar-refractivity contribution in [2.24, 2.45) is 5.92 Å². The molecular formula is C23H32N4O4SSi. The number of hydrogen-bond acceptors (Lipinski definition) is 8. The SMILES string of the molecule is CC(O[Si](C)(C)C(C)(C)C)c1nnc(CC2CC(NC(=O)c3cc(-c4cccs4)no3)C2)o1. The molecule has 3 aromatic rings. The van der Waals surface area contributed by atoms with E-state index in [0.717, 1.165) is 17.7 Å². The molecule has 8 nitrogen and oxygen atoms in total. The van der Waals surface area contributed by atoms with E-state index >= 15 is 0 Å².